The molecule has 2 aromatic rings. The van der Waals surface area contributed by atoms with Crippen molar-refractivity contribution in [2.24, 2.45) is 5.73 Å². The van der Waals surface area contributed by atoms with Crippen LogP contribution in [0.4, 0.5) is 0 Å². The SMILES string of the molecule is CCSc1ccc(-c2cc(CN)no2)cc1. The van der Waals surface area contributed by atoms with Crippen LogP contribution in [0.1, 0.15) is 12.6 Å². The van der Waals surface area contributed by atoms with Crippen LogP contribution in [0, 0.1) is 0 Å². The molecule has 0 aliphatic heterocycles. The Balaban J connectivity index is 2.20. The number of nitrogens with two attached hydrogens (primary N) is 1. The first kappa shape index (κ1) is 11.2. The van der Waals surface area contributed by atoms with Gasteiger partial charge in [0.2, 0.25) is 0 Å². The fourth-order valence-electron chi connectivity index (χ4n) is 1.43. The molecule has 0 aliphatic carbocycles. The number of hydrogen-bond donors (Lipinski definition) is 1. The summed E-state index contributed by atoms with van der Waals surface area (Å²) >= 11 is 1.82. The molecule has 1 heterocycles. The van der Waals surface area contributed by atoms with Gasteiger partial charge in [0.1, 0.15) is 0 Å². The molecule has 16 heavy (non-hydrogen) atoms. The topological polar surface area (TPSA) is 52.0 Å². The lowest BCUT2D eigenvalue weighted by molar-refractivity contribution is 0.424. The minimum atomic E-state index is 0.410. The number of rotatable bonds is 4. The van der Waals surface area contributed by atoms with E-state index in [9.17, 15) is 0 Å². The Bertz CT molecular complexity index is 450. The van der Waals surface area contributed by atoms with Gasteiger partial charge < -0.3 is 10.3 Å². The zero-order valence-electron chi connectivity index (χ0n) is 9.14. The molecule has 0 amide bonds. The fourth-order valence-corrected chi connectivity index (χ4v) is 2.09. The maximum Gasteiger partial charge on any atom is 0.167 e. The summed E-state index contributed by atoms with van der Waals surface area (Å²) < 4.78 is 5.20. The number of hydrogen-bond acceptors (Lipinski definition) is 4. The van der Waals surface area contributed by atoms with Gasteiger partial charge >= 0.3 is 0 Å². The Kier molecular flexibility index (Phi) is 3.64. The molecule has 0 atom stereocenters. The molecule has 0 bridgehead atoms. The zero-order chi connectivity index (χ0) is 11.4. The standard InChI is InChI=1S/C12H14N2OS/c1-2-16-11-5-3-9(4-6-11)12-7-10(8-13)14-15-12/h3-7H,2,8,13H2,1H3. The molecule has 3 nitrogen and oxygen atoms in total. The molecule has 0 radical (unpaired) electrons. The van der Waals surface area contributed by atoms with Gasteiger partial charge in [-0.1, -0.05) is 24.2 Å². The Morgan fingerprint density at radius 2 is 2.06 bits per heavy atom. The zero-order valence-corrected chi connectivity index (χ0v) is 9.96. The van der Waals surface area contributed by atoms with Gasteiger partial charge in [0.15, 0.2) is 5.76 Å². The summed E-state index contributed by atoms with van der Waals surface area (Å²) in [6.07, 6.45) is 0. The maximum absolute atomic E-state index is 5.48. The van der Waals surface area contributed by atoms with Crippen LogP contribution in [-0.4, -0.2) is 10.9 Å². The molecule has 1 aromatic heterocycles. The third kappa shape index (κ3) is 2.46. The molecule has 0 unspecified atom stereocenters. The van der Waals surface area contributed by atoms with Gasteiger partial charge in [-0.3, -0.25) is 0 Å². The highest BCUT2D eigenvalue weighted by atomic mass is 32.2. The van der Waals surface area contributed by atoms with E-state index in [1.807, 2.05) is 30.0 Å². The predicted octanol–water partition coefficient (Wildman–Crippen LogP) is 2.91. The molecule has 2 rings (SSSR count). The second-order valence-corrected chi connectivity index (χ2v) is 4.68. The van der Waals surface area contributed by atoms with Crippen LogP contribution in [0.15, 0.2) is 39.8 Å². The van der Waals surface area contributed by atoms with Crippen molar-refractivity contribution >= 4 is 11.8 Å². The van der Waals surface area contributed by atoms with Gasteiger partial charge in [0.25, 0.3) is 0 Å². The van der Waals surface area contributed by atoms with E-state index in [1.54, 1.807) is 0 Å². The first-order chi connectivity index (χ1) is 7.83. The molecule has 84 valence electrons. The van der Waals surface area contributed by atoms with Gasteiger partial charge in [-0.15, -0.1) is 11.8 Å². The van der Waals surface area contributed by atoms with Crippen LogP contribution in [0.25, 0.3) is 11.3 Å². The molecule has 0 fully saturated rings. The van der Waals surface area contributed by atoms with Crippen molar-refractivity contribution in [3.63, 3.8) is 0 Å². The van der Waals surface area contributed by atoms with E-state index < -0.39 is 0 Å². The van der Waals surface area contributed by atoms with Crippen molar-refractivity contribution in [3.8, 4) is 11.3 Å². The van der Waals surface area contributed by atoms with Gasteiger partial charge in [-0.2, -0.15) is 0 Å². The molecule has 0 aliphatic rings. The second-order valence-electron chi connectivity index (χ2n) is 3.34. The maximum atomic E-state index is 5.48. The molecular weight excluding hydrogens is 220 g/mol. The van der Waals surface area contributed by atoms with Crippen LogP contribution in [0.5, 0.6) is 0 Å². The van der Waals surface area contributed by atoms with Gasteiger partial charge in [-0.25, -0.2) is 0 Å². The Morgan fingerprint density at radius 3 is 2.62 bits per heavy atom. The lowest BCUT2D eigenvalue weighted by Crippen LogP contribution is -1.94. The smallest absolute Gasteiger partial charge is 0.167 e. The van der Waals surface area contributed by atoms with Crippen molar-refractivity contribution in [2.75, 3.05) is 5.75 Å². The van der Waals surface area contributed by atoms with Crippen molar-refractivity contribution in [1.29, 1.82) is 0 Å². The van der Waals surface area contributed by atoms with Gasteiger partial charge in [-0.05, 0) is 17.9 Å². The first-order valence-electron chi connectivity index (χ1n) is 5.22. The van der Waals surface area contributed by atoms with Crippen molar-refractivity contribution in [3.05, 3.63) is 36.0 Å². The highest BCUT2D eigenvalue weighted by molar-refractivity contribution is 7.99. The van der Waals surface area contributed by atoms with E-state index in [-0.39, 0.29) is 0 Å². The fraction of sp³-hybridized carbons (Fsp3) is 0.250. The summed E-state index contributed by atoms with van der Waals surface area (Å²) in [5, 5.41) is 3.86. The van der Waals surface area contributed by atoms with Crippen LogP contribution < -0.4 is 5.73 Å². The van der Waals surface area contributed by atoms with Gasteiger partial charge in [0, 0.05) is 23.1 Å². The average molecular weight is 234 g/mol. The minimum absolute atomic E-state index is 0.410. The molecule has 0 saturated heterocycles. The normalized spacial score (nSPS) is 10.6. The van der Waals surface area contributed by atoms with Crippen LogP contribution in [0.3, 0.4) is 0 Å². The molecule has 0 spiro atoms. The quantitative estimate of drug-likeness (QED) is 0.826. The second kappa shape index (κ2) is 5.18. The molecule has 1 aromatic carbocycles. The summed E-state index contributed by atoms with van der Waals surface area (Å²) in [7, 11) is 0. The molecule has 4 heteroatoms. The summed E-state index contributed by atoms with van der Waals surface area (Å²) in [6, 6.07) is 10.1. The van der Waals surface area contributed by atoms with Crippen molar-refractivity contribution in [2.45, 2.75) is 18.4 Å². The predicted molar refractivity (Wildman–Crippen MR) is 66.2 cm³/mol. The Labute approximate surface area is 99.0 Å². The summed E-state index contributed by atoms with van der Waals surface area (Å²) in [6.45, 7) is 2.55. The van der Waals surface area contributed by atoms with E-state index in [1.165, 1.54) is 4.90 Å². The molecular formula is C12H14N2OS. The minimum Gasteiger partial charge on any atom is -0.356 e. The Morgan fingerprint density at radius 1 is 1.31 bits per heavy atom. The molecule has 0 saturated carbocycles. The monoisotopic (exact) mass is 234 g/mol. The Hall–Kier alpha value is -1.26. The number of thioether (sulfide) groups is 1. The number of aromatic nitrogens is 1. The highest BCUT2D eigenvalue weighted by Crippen LogP contribution is 2.24. The third-order valence-corrected chi connectivity index (χ3v) is 3.11. The van der Waals surface area contributed by atoms with E-state index in [2.05, 4.69) is 24.2 Å². The van der Waals surface area contributed by atoms with Gasteiger partial charge in [0.05, 0.1) is 5.69 Å². The van der Waals surface area contributed by atoms with E-state index in [0.717, 1.165) is 22.8 Å². The van der Waals surface area contributed by atoms with E-state index in [4.69, 9.17) is 10.3 Å². The third-order valence-electron chi connectivity index (χ3n) is 2.22. The van der Waals surface area contributed by atoms with Crippen LogP contribution in [0.2, 0.25) is 0 Å². The lowest BCUT2D eigenvalue weighted by atomic mass is 10.1. The van der Waals surface area contributed by atoms with Crippen molar-refractivity contribution in [1.82, 2.24) is 5.16 Å². The van der Waals surface area contributed by atoms with Crippen molar-refractivity contribution < 1.29 is 4.52 Å². The first-order valence-corrected chi connectivity index (χ1v) is 6.21. The van der Waals surface area contributed by atoms with Crippen LogP contribution >= 0.6 is 11.8 Å². The average Bonchev–Trinajstić information content (AvgIpc) is 2.79. The van der Waals surface area contributed by atoms with Crippen LogP contribution in [-0.2, 0) is 6.54 Å². The number of nitrogens with zero attached hydrogens (tertiary/aromatic N) is 1. The number of benzene rings is 1. The largest absolute Gasteiger partial charge is 0.356 e. The highest BCUT2D eigenvalue weighted by Gasteiger charge is 2.05. The summed E-state index contributed by atoms with van der Waals surface area (Å²) in [4.78, 5) is 1.27. The van der Waals surface area contributed by atoms with E-state index in [0.29, 0.717) is 6.54 Å². The summed E-state index contributed by atoms with van der Waals surface area (Å²) in [5.41, 5.74) is 7.29. The lowest BCUT2D eigenvalue weighted by Gasteiger charge is -1.99. The van der Waals surface area contributed by atoms with E-state index >= 15 is 0 Å². The summed E-state index contributed by atoms with van der Waals surface area (Å²) in [5.74, 6) is 1.85. The molecule has 2 N–H and O–H groups in total.